The van der Waals surface area contributed by atoms with Crippen molar-refractivity contribution in [1.82, 2.24) is 9.88 Å². The fourth-order valence-electron chi connectivity index (χ4n) is 3.81. The van der Waals surface area contributed by atoms with Crippen LogP contribution in [0.5, 0.6) is 5.75 Å². The lowest BCUT2D eigenvalue weighted by atomic mass is 10.1. The van der Waals surface area contributed by atoms with Gasteiger partial charge in [0.15, 0.2) is 0 Å². The third kappa shape index (κ3) is 4.42. The lowest BCUT2D eigenvalue weighted by Crippen LogP contribution is -2.44. The number of anilines is 3. The number of nitrogens with one attached hydrogen (secondary N) is 1. The Hall–Kier alpha value is -3.10. The maximum absolute atomic E-state index is 14.0. The third-order valence-electron chi connectivity index (χ3n) is 5.55. The van der Waals surface area contributed by atoms with Crippen LogP contribution in [0.2, 0.25) is 5.02 Å². The SMILES string of the molecule is CCOc1cc2ncc(C(N)=O)c(Nc3ccc(Cl)c(F)c3)c2cc1N1CCN(C)CC1. The molecule has 7 nitrogen and oxygen atoms in total. The molecule has 0 atom stereocenters. The van der Waals surface area contributed by atoms with Gasteiger partial charge in [-0.25, -0.2) is 4.39 Å². The second kappa shape index (κ2) is 9.18. The number of pyridine rings is 1. The minimum absolute atomic E-state index is 0.0176. The summed E-state index contributed by atoms with van der Waals surface area (Å²) in [5, 5.41) is 3.85. The zero-order valence-electron chi connectivity index (χ0n) is 18.0. The van der Waals surface area contributed by atoms with E-state index in [9.17, 15) is 9.18 Å². The standard InChI is InChI=1S/C23H25ClFN5O2/c1-3-32-21-12-19-15(11-20(21)30-8-6-29(2)7-9-30)22(16(13-27-19)23(26)31)28-14-4-5-17(24)18(25)10-14/h4-5,10-13H,3,6-9H2,1-2H3,(H2,26,31)(H,27,28). The van der Waals surface area contributed by atoms with Gasteiger partial charge in [-0.1, -0.05) is 11.6 Å². The average Bonchev–Trinajstić information content (AvgIpc) is 2.77. The van der Waals surface area contributed by atoms with Crippen molar-refractivity contribution in [3.63, 3.8) is 0 Å². The Balaban J connectivity index is 1.87. The molecule has 4 rings (SSSR count). The van der Waals surface area contributed by atoms with Crippen LogP contribution in [0.3, 0.4) is 0 Å². The van der Waals surface area contributed by atoms with Crippen LogP contribution in [0.25, 0.3) is 10.9 Å². The van der Waals surface area contributed by atoms with Crippen molar-refractivity contribution in [1.29, 1.82) is 0 Å². The highest BCUT2D eigenvalue weighted by Crippen LogP contribution is 2.38. The summed E-state index contributed by atoms with van der Waals surface area (Å²) in [7, 11) is 2.09. The molecule has 1 aliphatic heterocycles. The van der Waals surface area contributed by atoms with Crippen LogP contribution >= 0.6 is 11.6 Å². The van der Waals surface area contributed by atoms with Crippen LogP contribution < -0.4 is 20.7 Å². The Kier molecular flexibility index (Phi) is 6.34. The first-order valence-electron chi connectivity index (χ1n) is 10.4. The summed E-state index contributed by atoms with van der Waals surface area (Å²) in [5.41, 5.74) is 8.29. The van der Waals surface area contributed by atoms with Crippen molar-refractivity contribution in [2.75, 3.05) is 50.1 Å². The van der Waals surface area contributed by atoms with Gasteiger partial charge in [-0.3, -0.25) is 9.78 Å². The Morgan fingerprint density at radius 3 is 2.66 bits per heavy atom. The molecule has 32 heavy (non-hydrogen) atoms. The number of hydrogen-bond acceptors (Lipinski definition) is 6. The fourth-order valence-corrected chi connectivity index (χ4v) is 3.93. The lowest BCUT2D eigenvalue weighted by molar-refractivity contribution is 0.100. The molecule has 0 spiro atoms. The lowest BCUT2D eigenvalue weighted by Gasteiger charge is -2.35. The molecule has 9 heteroatoms. The summed E-state index contributed by atoms with van der Waals surface area (Å²) >= 11 is 5.81. The van der Waals surface area contributed by atoms with Crippen molar-refractivity contribution in [3.8, 4) is 5.75 Å². The van der Waals surface area contributed by atoms with E-state index in [1.165, 1.54) is 18.3 Å². The van der Waals surface area contributed by atoms with Gasteiger partial charge >= 0.3 is 0 Å². The molecule has 1 aliphatic rings. The number of hydrogen-bond donors (Lipinski definition) is 2. The molecular formula is C23H25ClFN5O2. The summed E-state index contributed by atoms with van der Waals surface area (Å²) in [6, 6.07) is 8.19. The molecule has 1 fully saturated rings. The number of primary amides is 1. The molecule has 2 aromatic carbocycles. The van der Waals surface area contributed by atoms with E-state index in [4.69, 9.17) is 22.1 Å². The van der Waals surface area contributed by atoms with Gasteiger partial charge in [0.05, 0.1) is 34.1 Å². The highest BCUT2D eigenvalue weighted by atomic mass is 35.5. The number of carbonyl (C=O) groups is 1. The highest BCUT2D eigenvalue weighted by molar-refractivity contribution is 6.30. The largest absolute Gasteiger partial charge is 0.492 e. The highest BCUT2D eigenvalue weighted by Gasteiger charge is 2.22. The number of likely N-dealkylation sites (N-methyl/N-ethyl adjacent to an activating group) is 1. The molecule has 0 unspecified atom stereocenters. The first-order chi connectivity index (χ1) is 15.4. The molecular weight excluding hydrogens is 433 g/mol. The predicted molar refractivity (Wildman–Crippen MR) is 126 cm³/mol. The minimum Gasteiger partial charge on any atom is -0.492 e. The van der Waals surface area contributed by atoms with Crippen LogP contribution in [-0.2, 0) is 0 Å². The number of fused-ring (bicyclic) bond motifs is 1. The molecule has 0 saturated carbocycles. The van der Waals surface area contributed by atoms with E-state index in [0.717, 1.165) is 37.6 Å². The van der Waals surface area contributed by atoms with Gasteiger partial charge in [-0.05, 0) is 38.2 Å². The maximum atomic E-state index is 14.0. The van der Waals surface area contributed by atoms with Crippen molar-refractivity contribution < 1.29 is 13.9 Å². The summed E-state index contributed by atoms with van der Waals surface area (Å²) in [6.45, 7) is 5.99. The number of amides is 1. The summed E-state index contributed by atoms with van der Waals surface area (Å²) in [6.07, 6.45) is 1.42. The van der Waals surface area contributed by atoms with Crippen LogP contribution in [0.4, 0.5) is 21.5 Å². The summed E-state index contributed by atoms with van der Waals surface area (Å²) in [4.78, 5) is 21.1. The smallest absolute Gasteiger partial charge is 0.252 e. The maximum Gasteiger partial charge on any atom is 0.252 e. The zero-order chi connectivity index (χ0) is 22.8. The van der Waals surface area contributed by atoms with Gasteiger partial charge in [0, 0.05) is 49.5 Å². The predicted octanol–water partition coefficient (Wildman–Crippen LogP) is 4.02. The number of piperazine rings is 1. The van der Waals surface area contributed by atoms with E-state index < -0.39 is 11.7 Å². The van der Waals surface area contributed by atoms with Gasteiger partial charge in [0.2, 0.25) is 0 Å². The molecule has 3 N–H and O–H groups in total. The van der Waals surface area contributed by atoms with Gasteiger partial charge in [-0.15, -0.1) is 0 Å². The van der Waals surface area contributed by atoms with Crippen molar-refractivity contribution >= 4 is 45.5 Å². The molecule has 0 radical (unpaired) electrons. The molecule has 1 amide bonds. The number of benzene rings is 2. The number of rotatable bonds is 6. The minimum atomic E-state index is -0.633. The fraction of sp³-hybridized carbons (Fsp3) is 0.304. The van der Waals surface area contributed by atoms with Gasteiger partial charge in [-0.2, -0.15) is 0 Å². The average molecular weight is 458 g/mol. The number of ether oxygens (including phenoxy) is 1. The molecule has 2 heterocycles. The zero-order valence-corrected chi connectivity index (χ0v) is 18.7. The summed E-state index contributed by atoms with van der Waals surface area (Å²) < 4.78 is 19.9. The van der Waals surface area contributed by atoms with E-state index in [0.29, 0.717) is 28.9 Å². The van der Waals surface area contributed by atoms with E-state index in [1.807, 2.05) is 19.1 Å². The molecule has 0 aliphatic carbocycles. The van der Waals surface area contributed by atoms with Gasteiger partial charge in [0.1, 0.15) is 11.6 Å². The molecule has 1 saturated heterocycles. The number of nitrogens with two attached hydrogens (primary N) is 1. The van der Waals surface area contributed by atoms with Gasteiger partial charge in [0.25, 0.3) is 5.91 Å². The Labute approximate surface area is 190 Å². The first-order valence-corrected chi connectivity index (χ1v) is 10.8. The topological polar surface area (TPSA) is 83.7 Å². The molecule has 0 bridgehead atoms. The normalized spacial score (nSPS) is 14.6. The van der Waals surface area contributed by atoms with Crippen molar-refractivity contribution in [3.05, 3.63) is 52.9 Å². The van der Waals surface area contributed by atoms with Gasteiger partial charge < -0.3 is 25.6 Å². The number of carbonyl (C=O) groups excluding carboxylic acids is 1. The number of halogens is 2. The van der Waals surface area contributed by atoms with E-state index >= 15 is 0 Å². The van der Waals surface area contributed by atoms with Crippen LogP contribution in [0.15, 0.2) is 36.5 Å². The molecule has 168 valence electrons. The van der Waals surface area contributed by atoms with Crippen molar-refractivity contribution in [2.45, 2.75) is 6.92 Å². The quantitative estimate of drug-likeness (QED) is 0.581. The second-order valence-corrected chi connectivity index (χ2v) is 8.13. The van der Waals surface area contributed by atoms with Crippen LogP contribution in [-0.4, -0.2) is 55.6 Å². The number of nitrogens with zero attached hydrogens (tertiary/aromatic N) is 3. The van der Waals surface area contributed by atoms with Crippen LogP contribution in [0, 0.1) is 5.82 Å². The van der Waals surface area contributed by atoms with E-state index in [2.05, 4.69) is 27.1 Å². The van der Waals surface area contributed by atoms with Crippen molar-refractivity contribution in [2.24, 2.45) is 5.73 Å². The third-order valence-corrected chi connectivity index (χ3v) is 5.85. The second-order valence-electron chi connectivity index (χ2n) is 7.73. The number of aromatic nitrogens is 1. The Morgan fingerprint density at radius 1 is 1.25 bits per heavy atom. The van der Waals surface area contributed by atoms with E-state index in [1.54, 1.807) is 6.07 Å². The monoisotopic (exact) mass is 457 g/mol. The Morgan fingerprint density at radius 2 is 2.00 bits per heavy atom. The summed E-state index contributed by atoms with van der Waals surface area (Å²) in [5.74, 6) is -0.467. The van der Waals surface area contributed by atoms with E-state index in [-0.39, 0.29) is 10.6 Å². The molecule has 1 aromatic heterocycles. The first kappa shape index (κ1) is 22.1. The Bertz CT molecular complexity index is 1160. The molecule has 3 aromatic rings. The van der Waals surface area contributed by atoms with Crippen LogP contribution in [0.1, 0.15) is 17.3 Å².